The lowest BCUT2D eigenvalue weighted by atomic mass is 10.1. The average Bonchev–Trinajstić information content (AvgIpc) is 2.59. The molecule has 0 aliphatic carbocycles. The Hall–Kier alpha value is -2.10. The van der Waals surface area contributed by atoms with E-state index in [1.165, 1.54) is 12.8 Å². The van der Waals surface area contributed by atoms with Crippen LogP contribution in [0.5, 0.6) is 0 Å². The number of hydrogen-bond acceptors (Lipinski definition) is 4. The van der Waals surface area contributed by atoms with Gasteiger partial charge >= 0.3 is 0 Å². The maximum Gasteiger partial charge on any atom is 0.225 e. The fraction of sp³-hybridized carbons (Fsp3) is 0.474. The molecule has 1 unspecified atom stereocenters. The summed E-state index contributed by atoms with van der Waals surface area (Å²) in [4.78, 5) is 9.28. The maximum absolute atomic E-state index is 4.67. The van der Waals surface area contributed by atoms with Gasteiger partial charge in [-0.1, -0.05) is 57.0 Å². The third kappa shape index (κ3) is 5.55. The lowest BCUT2D eigenvalue weighted by Crippen LogP contribution is -2.16. The molecule has 23 heavy (non-hydrogen) atoms. The fourth-order valence-electron chi connectivity index (χ4n) is 2.27. The molecule has 1 aromatic carbocycles. The quantitative estimate of drug-likeness (QED) is 0.643. The summed E-state index contributed by atoms with van der Waals surface area (Å²) >= 11 is 0. The maximum atomic E-state index is 4.67. The van der Waals surface area contributed by atoms with Crippen molar-refractivity contribution >= 4 is 11.8 Å². The number of unbranched alkanes of at least 4 members (excludes halogenated alkanes) is 2. The molecular formula is C19H28N4. The van der Waals surface area contributed by atoms with Gasteiger partial charge in [-0.25, -0.2) is 4.98 Å². The van der Waals surface area contributed by atoms with E-state index in [1.54, 1.807) is 0 Å². The lowest BCUT2D eigenvalue weighted by molar-refractivity contribution is 0.740. The van der Waals surface area contributed by atoms with Crippen LogP contribution >= 0.6 is 0 Å². The van der Waals surface area contributed by atoms with Crippen LogP contribution in [0.25, 0.3) is 11.3 Å². The number of nitrogens with one attached hydrogen (secondary N) is 2. The SMILES string of the molecule is CCCCCNc1cc(-c2ccccc2)nc(NC(C)CC)n1. The molecule has 0 aliphatic rings. The van der Waals surface area contributed by atoms with Gasteiger partial charge in [-0.05, 0) is 19.8 Å². The zero-order valence-electron chi connectivity index (χ0n) is 14.5. The van der Waals surface area contributed by atoms with Crippen molar-refractivity contribution in [3.05, 3.63) is 36.4 Å². The molecule has 124 valence electrons. The molecule has 2 N–H and O–H groups in total. The normalized spacial score (nSPS) is 12.0. The number of aromatic nitrogens is 2. The Labute approximate surface area is 139 Å². The van der Waals surface area contributed by atoms with Crippen molar-refractivity contribution in [2.24, 2.45) is 0 Å². The second kappa shape index (κ2) is 9.13. The summed E-state index contributed by atoms with van der Waals surface area (Å²) in [5.74, 6) is 1.58. The molecule has 0 saturated heterocycles. The van der Waals surface area contributed by atoms with E-state index in [9.17, 15) is 0 Å². The number of nitrogens with zero attached hydrogens (tertiary/aromatic N) is 2. The van der Waals surface area contributed by atoms with Crippen LogP contribution in [0.2, 0.25) is 0 Å². The third-order valence-electron chi connectivity index (χ3n) is 3.87. The topological polar surface area (TPSA) is 49.8 Å². The summed E-state index contributed by atoms with van der Waals surface area (Å²) in [6.45, 7) is 7.46. The summed E-state index contributed by atoms with van der Waals surface area (Å²) in [7, 11) is 0. The lowest BCUT2D eigenvalue weighted by Gasteiger charge is -2.14. The predicted octanol–water partition coefficient (Wildman–Crippen LogP) is 4.96. The molecule has 0 bridgehead atoms. The first-order chi connectivity index (χ1) is 11.2. The van der Waals surface area contributed by atoms with Crippen LogP contribution in [-0.2, 0) is 0 Å². The van der Waals surface area contributed by atoms with Gasteiger partial charge in [-0.3, -0.25) is 0 Å². The van der Waals surface area contributed by atoms with Gasteiger partial charge in [0.2, 0.25) is 5.95 Å². The second-order valence-electron chi connectivity index (χ2n) is 5.92. The average molecular weight is 312 g/mol. The first kappa shape index (κ1) is 17.3. The highest BCUT2D eigenvalue weighted by atomic mass is 15.2. The van der Waals surface area contributed by atoms with Crippen molar-refractivity contribution in [2.45, 2.75) is 52.5 Å². The van der Waals surface area contributed by atoms with Crippen molar-refractivity contribution < 1.29 is 0 Å². The van der Waals surface area contributed by atoms with Crippen LogP contribution in [0.3, 0.4) is 0 Å². The highest BCUT2D eigenvalue weighted by molar-refractivity contribution is 5.64. The van der Waals surface area contributed by atoms with Gasteiger partial charge in [0.05, 0.1) is 5.69 Å². The molecule has 1 atom stereocenters. The highest BCUT2D eigenvalue weighted by Gasteiger charge is 2.08. The van der Waals surface area contributed by atoms with E-state index in [4.69, 9.17) is 0 Å². The Kier molecular flexibility index (Phi) is 6.85. The molecule has 0 aliphatic heterocycles. The molecule has 4 heteroatoms. The van der Waals surface area contributed by atoms with E-state index in [1.807, 2.05) is 24.3 Å². The van der Waals surface area contributed by atoms with Crippen LogP contribution in [0.4, 0.5) is 11.8 Å². The summed E-state index contributed by atoms with van der Waals surface area (Å²) in [5, 5.41) is 6.81. The van der Waals surface area contributed by atoms with Crippen molar-refractivity contribution in [3.8, 4) is 11.3 Å². The van der Waals surface area contributed by atoms with Crippen molar-refractivity contribution in [3.63, 3.8) is 0 Å². The zero-order chi connectivity index (χ0) is 16.5. The number of benzene rings is 1. The molecule has 0 saturated carbocycles. The Morgan fingerprint density at radius 1 is 1.04 bits per heavy atom. The standard InChI is InChI=1S/C19H28N4/c1-4-6-10-13-20-18-14-17(16-11-8-7-9-12-16)22-19(23-18)21-15(3)5-2/h7-9,11-12,14-15H,4-6,10,13H2,1-3H3,(H2,20,21,22,23). The van der Waals surface area contributed by atoms with Crippen LogP contribution in [0, 0.1) is 0 Å². The van der Waals surface area contributed by atoms with E-state index >= 15 is 0 Å². The highest BCUT2D eigenvalue weighted by Crippen LogP contribution is 2.21. The molecule has 1 aromatic heterocycles. The van der Waals surface area contributed by atoms with Gasteiger partial charge in [0.25, 0.3) is 0 Å². The molecule has 2 aromatic rings. The minimum absolute atomic E-state index is 0.356. The first-order valence-electron chi connectivity index (χ1n) is 8.67. The molecule has 0 fully saturated rings. The number of rotatable bonds is 9. The van der Waals surface area contributed by atoms with Gasteiger partial charge in [0, 0.05) is 24.2 Å². The Bertz CT molecular complexity index is 583. The molecule has 4 nitrogen and oxygen atoms in total. The zero-order valence-corrected chi connectivity index (χ0v) is 14.5. The van der Waals surface area contributed by atoms with Gasteiger partial charge in [0.15, 0.2) is 0 Å². The molecule has 0 radical (unpaired) electrons. The second-order valence-corrected chi connectivity index (χ2v) is 5.92. The van der Waals surface area contributed by atoms with E-state index in [2.05, 4.69) is 53.5 Å². The fourth-order valence-corrected chi connectivity index (χ4v) is 2.27. The van der Waals surface area contributed by atoms with Crippen LogP contribution in [0.1, 0.15) is 46.5 Å². The molecule has 0 amide bonds. The summed E-state index contributed by atoms with van der Waals surface area (Å²) in [6.07, 6.45) is 4.66. The third-order valence-corrected chi connectivity index (χ3v) is 3.87. The number of hydrogen-bond donors (Lipinski definition) is 2. The monoisotopic (exact) mass is 312 g/mol. The largest absolute Gasteiger partial charge is 0.370 e. The van der Waals surface area contributed by atoms with Crippen molar-refractivity contribution in [1.29, 1.82) is 0 Å². The van der Waals surface area contributed by atoms with E-state index in [-0.39, 0.29) is 0 Å². The summed E-state index contributed by atoms with van der Waals surface area (Å²) in [6, 6.07) is 12.6. The summed E-state index contributed by atoms with van der Waals surface area (Å²) < 4.78 is 0. The van der Waals surface area contributed by atoms with Crippen LogP contribution in [0.15, 0.2) is 36.4 Å². The van der Waals surface area contributed by atoms with Gasteiger partial charge in [0.1, 0.15) is 5.82 Å². The van der Waals surface area contributed by atoms with Crippen molar-refractivity contribution in [2.75, 3.05) is 17.2 Å². The first-order valence-corrected chi connectivity index (χ1v) is 8.67. The van der Waals surface area contributed by atoms with Gasteiger partial charge < -0.3 is 10.6 Å². The van der Waals surface area contributed by atoms with Gasteiger partial charge in [-0.15, -0.1) is 0 Å². The Morgan fingerprint density at radius 3 is 2.52 bits per heavy atom. The molecule has 0 spiro atoms. The predicted molar refractivity (Wildman–Crippen MR) is 98.9 cm³/mol. The smallest absolute Gasteiger partial charge is 0.225 e. The van der Waals surface area contributed by atoms with Gasteiger partial charge in [-0.2, -0.15) is 4.98 Å². The van der Waals surface area contributed by atoms with E-state index in [0.717, 1.165) is 36.5 Å². The number of anilines is 2. The minimum Gasteiger partial charge on any atom is -0.370 e. The van der Waals surface area contributed by atoms with Crippen LogP contribution < -0.4 is 10.6 Å². The van der Waals surface area contributed by atoms with Crippen LogP contribution in [-0.4, -0.2) is 22.6 Å². The Balaban J connectivity index is 2.21. The summed E-state index contributed by atoms with van der Waals surface area (Å²) in [5.41, 5.74) is 2.06. The minimum atomic E-state index is 0.356. The molecule has 2 rings (SSSR count). The van der Waals surface area contributed by atoms with E-state index < -0.39 is 0 Å². The molecule has 1 heterocycles. The van der Waals surface area contributed by atoms with Crippen molar-refractivity contribution in [1.82, 2.24) is 9.97 Å². The van der Waals surface area contributed by atoms with E-state index in [0.29, 0.717) is 12.0 Å². The molecular weight excluding hydrogens is 284 g/mol. The Morgan fingerprint density at radius 2 is 1.83 bits per heavy atom.